The maximum absolute atomic E-state index is 11.8. The van der Waals surface area contributed by atoms with Crippen molar-refractivity contribution in [2.75, 3.05) is 11.5 Å². The lowest BCUT2D eigenvalue weighted by atomic mass is 10.3. The number of nitrogens with zero attached hydrogens (tertiary/aromatic N) is 3. The summed E-state index contributed by atoms with van der Waals surface area (Å²) >= 11 is 0. The number of ether oxygens (including phenoxy) is 1. The number of carbonyl (C=O) groups is 1. The van der Waals surface area contributed by atoms with E-state index in [0.29, 0.717) is 22.9 Å². The molecule has 112 valence electrons. The molecule has 0 bridgehead atoms. The Balaban J connectivity index is 1.82. The summed E-state index contributed by atoms with van der Waals surface area (Å²) in [6.45, 7) is 0. The van der Waals surface area contributed by atoms with Gasteiger partial charge in [-0.25, -0.2) is 4.98 Å². The molecule has 1 heterocycles. The van der Waals surface area contributed by atoms with E-state index in [1.165, 1.54) is 0 Å². The number of nitrogen functional groups attached to an aromatic ring is 2. The van der Waals surface area contributed by atoms with Gasteiger partial charge in [0.05, 0.1) is 5.92 Å². The van der Waals surface area contributed by atoms with Crippen molar-refractivity contribution in [3.05, 3.63) is 36.4 Å². The average Bonchev–Trinajstić information content (AvgIpc) is 3.32. The van der Waals surface area contributed by atoms with Crippen molar-refractivity contribution in [1.82, 2.24) is 4.98 Å². The number of para-hydroxylation sites is 1. The minimum atomic E-state index is -0.226. The fourth-order valence-corrected chi connectivity index (χ4v) is 1.81. The first-order chi connectivity index (χ1) is 10.6. The van der Waals surface area contributed by atoms with Crippen molar-refractivity contribution in [2.24, 2.45) is 16.1 Å². The van der Waals surface area contributed by atoms with Crippen LogP contribution < -0.4 is 16.2 Å². The van der Waals surface area contributed by atoms with Crippen molar-refractivity contribution >= 4 is 29.0 Å². The van der Waals surface area contributed by atoms with Gasteiger partial charge in [-0.05, 0) is 37.1 Å². The third-order valence-electron chi connectivity index (χ3n) is 3.18. The molecule has 0 amide bonds. The highest BCUT2D eigenvalue weighted by molar-refractivity contribution is 5.78. The summed E-state index contributed by atoms with van der Waals surface area (Å²) in [6, 6.07) is 10.2. The maximum Gasteiger partial charge on any atom is 0.314 e. The Bertz CT molecular complexity index is 740. The van der Waals surface area contributed by atoms with Gasteiger partial charge in [-0.15, -0.1) is 10.2 Å². The van der Waals surface area contributed by atoms with Gasteiger partial charge in [0.1, 0.15) is 17.2 Å². The van der Waals surface area contributed by atoms with Crippen LogP contribution in [0.2, 0.25) is 0 Å². The van der Waals surface area contributed by atoms with Gasteiger partial charge in [0, 0.05) is 0 Å². The quantitative estimate of drug-likeness (QED) is 0.511. The summed E-state index contributed by atoms with van der Waals surface area (Å²) in [7, 11) is 0. The van der Waals surface area contributed by atoms with E-state index < -0.39 is 0 Å². The van der Waals surface area contributed by atoms with Crippen LogP contribution in [0.5, 0.6) is 5.75 Å². The van der Waals surface area contributed by atoms with Crippen LogP contribution in [0.3, 0.4) is 0 Å². The lowest BCUT2D eigenvalue weighted by molar-refractivity contribution is -0.135. The number of anilines is 2. The lowest BCUT2D eigenvalue weighted by Crippen LogP contribution is -2.09. The van der Waals surface area contributed by atoms with E-state index in [-0.39, 0.29) is 17.7 Å². The molecular weight excluding hydrogens is 282 g/mol. The molecule has 1 aliphatic rings. The Morgan fingerprint density at radius 2 is 1.82 bits per heavy atom. The highest BCUT2D eigenvalue weighted by Crippen LogP contribution is 2.34. The van der Waals surface area contributed by atoms with Gasteiger partial charge >= 0.3 is 5.97 Å². The molecule has 4 N–H and O–H groups in total. The molecule has 1 aromatic heterocycles. The van der Waals surface area contributed by atoms with Crippen LogP contribution in [-0.2, 0) is 4.79 Å². The summed E-state index contributed by atoms with van der Waals surface area (Å²) in [6.07, 6.45) is 1.77. The SMILES string of the molecule is Nc1ccc(/N=N/c2ccccc2OC(=O)C2CC2)c(N)n1. The summed E-state index contributed by atoms with van der Waals surface area (Å²) in [5.74, 6) is 0.676. The highest BCUT2D eigenvalue weighted by atomic mass is 16.5. The Morgan fingerprint density at radius 3 is 2.55 bits per heavy atom. The standard InChI is InChI=1S/C15H15N5O2/c16-13-8-7-11(14(17)18-13)20-19-10-3-1-2-4-12(10)22-15(21)9-5-6-9/h1-4,7-9H,5-6H2,(H4,16,17,18)/b20-19+. The maximum atomic E-state index is 11.8. The molecule has 0 aliphatic heterocycles. The van der Waals surface area contributed by atoms with Crippen LogP contribution >= 0.6 is 0 Å². The molecule has 2 aromatic rings. The molecule has 22 heavy (non-hydrogen) atoms. The van der Waals surface area contributed by atoms with Crippen LogP contribution in [0.25, 0.3) is 0 Å². The van der Waals surface area contributed by atoms with E-state index in [1.807, 2.05) is 0 Å². The molecule has 0 unspecified atom stereocenters. The first-order valence-corrected chi connectivity index (χ1v) is 6.88. The molecule has 3 rings (SSSR count). The topological polar surface area (TPSA) is 116 Å². The number of rotatable bonds is 4. The average molecular weight is 297 g/mol. The van der Waals surface area contributed by atoms with Gasteiger partial charge in [0.25, 0.3) is 0 Å². The minimum absolute atomic E-state index is 0.0157. The second-order valence-electron chi connectivity index (χ2n) is 5.00. The van der Waals surface area contributed by atoms with Crippen molar-refractivity contribution < 1.29 is 9.53 Å². The molecule has 0 radical (unpaired) electrons. The third-order valence-corrected chi connectivity index (χ3v) is 3.18. The highest BCUT2D eigenvalue weighted by Gasteiger charge is 2.32. The van der Waals surface area contributed by atoms with Crippen molar-refractivity contribution in [2.45, 2.75) is 12.8 Å². The van der Waals surface area contributed by atoms with Crippen molar-refractivity contribution in [3.63, 3.8) is 0 Å². The summed E-state index contributed by atoms with van der Waals surface area (Å²) in [5, 5.41) is 8.12. The Kier molecular flexibility index (Phi) is 3.69. The minimum Gasteiger partial charge on any atom is -0.424 e. The fraction of sp³-hybridized carbons (Fsp3) is 0.200. The molecule has 7 heteroatoms. The van der Waals surface area contributed by atoms with Crippen LogP contribution in [0.15, 0.2) is 46.6 Å². The predicted molar refractivity (Wildman–Crippen MR) is 82.0 cm³/mol. The number of benzene rings is 1. The Hall–Kier alpha value is -2.96. The molecule has 1 fully saturated rings. The van der Waals surface area contributed by atoms with Gasteiger partial charge < -0.3 is 16.2 Å². The fourth-order valence-electron chi connectivity index (χ4n) is 1.81. The van der Waals surface area contributed by atoms with Crippen LogP contribution in [-0.4, -0.2) is 11.0 Å². The second kappa shape index (κ2) is 5.80. The monoisotopic (exact) mass is 297 g/mol. The van der Waals surface area contributed by atoms with E-state index in [9.17, 15) is 4.79 Å². The summed E-state index contributed by atoms with van der Waals surface area (Å²) < 4.78 is 5.35. The lowest BCUT2D eigenvalue weighted by Gasteiger charge is -2.05. The number of azo groups is 1. The Morgan fingerprint density at radius 1 is 1.09 bits per heavy atom. The second-order valence-corrected chi connectivity index (χ2v) is 5.00. The van der Waals surface area contributed by atoms with Gasteiger partial charge in [-0.1, -0.05) is 12.1 Å². The number of pyridine rings is 1. The molecule has 0 saturated heterocycles. The van der Waals surface area contributed by atoms with Gasteiger partial charge in [0.2, 0.25) is 0 Å². The zero-order valence-corrected chi connectivity index (χ0v) is 11.8. The number of nitrogens with two attached hydrogens (primary N) is 2. The smallest absolute Gasteiger partial charge is 0.314 e. The van der Waals surface area contributed by atoms with Crippen molar-refractivity contribution in [1.29, 1.82) is 0 Å². The molecule has 0 atom stereocenters. The predicted octanol–water partition coefficient (Wildman–Crippen LogP) is 2.98. The van der Waals surface area contributed by atoms with Gasteiger partial charge in [-0.3, -0.25) is 4.79 Å². The first-order valence-electron chi connectivity index (χ1n) is 6.88. The number of carbonyl (C=O) groups excluding carboxylic acids is 1. The zero-order valence-electron chi connectivity index (χ0n) is 11.8. The van der Waals surface area contributed by atoms with E-state index in [1.54, 1.807) is 36.4 Å². The molecule has 1 aliphatic carbocycles. The number of hydrogen-bond donors (Lipinski definition) is 2. The van der Waals surface area contributed by atoms with E-state index in [2.05, 4.69) is 15.2 Å². The molecular formula is C15H15N5O2. The van der Waals surface area contributed by atoms with Crippen LogP contribution in [0.4, 0.5) is 23.0 Å². The number of aromatic nitrogens is 1. The zero-order chi connectivity index (χ0) is 15.5. The number of hydrogen-bond acceptors (Lipinski definition) is 7. The molecule has 7 nitrogen and oxygen atoms in total. The first kappa shape index (κ1) is 14.0. The molecule has 1 saturated carbocycles. The summed E-state index contributed by atoms with van der Waals surface area (Å²) in [4.78, 5) is 15.7. The molecule has 0 spiro atoms. The van der Waals surface area contributed by atoms with Gasteiger partial charge in [-0.2, -0.15) is 0 Å². The van der Waals surface area contributed by atoms with E-state index in [0.717, 1.165) is 12.8 Å². The van der Waals surface area contributed by atoms with Crippen LogP contribution in [0, 0.1) is 5.92 Å². The van der Waals surface area contributed by atoms with E-state index >= 15 is 0 Å². The van der Waals surface area contributed by atoms with Gasteiger partial charge in [0.15, 0.2) is 11.6 Å². The normalized spacial score (nSPS) is 14.2. The Labute approximate surface area is 127 Å². The van der Waals surface area contributed by atoms with E-state index in [4.69, 9.17) is 16.2 Å². The summed E-state index contributed by atoms with van der Waals surface area (Å²) in [5.41, 5.74) is 12.1. The largest absolute Gasteiger partial charge is 0.424 e. The molecule has 1 aromatic carbocycles. The third kappa shape index (κ3) is 3.20. The number of esters is 1. The van der Waals surface area contributed by atoms with Crippen LogP contribution in [0.1, 0.15) is 12.8 Å². The van der Waals surface area contributed by atoms with Crippen molar-refractivity contribution in [3.8, 4) is 5.75 Å².